The molecule has 1 aromatic carbocycles. The lowest BCUT2D eigenvalue weighted by molar-refractivity contribution is -0.522. The number of rotatable bonds is 5. The van der Waals surface area contributed by atoms with Crippen LogP contribution in [0, 0.1) is 16.0 Å². The van der Waals surface area contributed by atoms with Gasteiger partial charge < -0.3 is 0 Å². The fourth-order valence-electron chi connectivity index (χ4n) is 1.97. The van der Waals surface area contributed by atoms with E-state index >= 15 is 0 Å². The molecule has 88 valence electrons. The monoisotopic (exact) mass is 221 g/mol. The first kappa shape index (κ1) is 12.7. The Morgan fingerprint density at radius 1 is 1.19 bits per heavy atom. The summed E-state index contributed by atoms with van der Waals surface area (Å²) >= 11 is 0. The summed E-state index contributed by atoms with van der Waals surface area (Å²) in [4.78, 5) is 10.7. The maximum Gasteiger partial charge on any atom is 0.217 e. The van der Waals surface area contributed by atoms with Crippen LogP contribution in [0.2, 0.25) is 0 Å². The molecule has 1 rings (SSSR count). The topological polar surface area (TPSA) is 43.1 Å². The van der Waals surface area contributed by atoms with E-state index in [1.807, 2.05) is 30.3 Å². The molecule has 0 N–H and O–H groups in total. The second-order valence-corrected chi connectivity index (χ2v) is 4.67. The standard InChI is InChI=1S/C13H19NO2/c1-10(2)9-13(11(3)14(15)16)12-7-5-4-6-8-12/h4-8,10-11,13H,9H2,1-3H3. The molecule has 0 fully saturated rings. The van der Waals surface area contributed by atoms with Gasteiger partial charge in [0, 0.05) is 11.8 Å². The first-order chi connectivity index (χ1) is 7.52. The first-order valence-electron chi connectivity index (χ1n) is 5.70. The zero-order valence-corrected chi connectivity index (χ0v) is 10.1. The number of benzene rings is 1. The number of hydrogen-bond donors (Lipinski definition) is 0. The molecule has 0 bridgehead atoms. The highest BCUT2D eigenvalue weighted by Crippen LogP contribution is 2.28. The zero-order valence-electron chi connectivity index (χ0n) is 10.1. The second kappa shape index (κ2) is 5.64. The van der Waals surface area contributed by atoms with Crippen LogP contribution >= 0.6 is 0 Å². The fraction of sp³-hybridized carbons (Fsp3) is 0.538. The van der Waals surface area contributed by atoms with Crippen molar-refractivity contribution in [2.75, 3.05) is 0 Å². The van der Waals surface area contributed by atoms with Crippen molar-refractivity contribution in [1.29, 1.82) is 0 Å². The predicted octanol–water partition coefficient (Wildman–Crippen LogP) is 3.48. The molecule has 0 amide bonds. The van der Waals surface area contributed by atoms with E-state index in [4.69, 9.17) is 0 Å². The summed E-state index contributed by atoms with van der Waals surface area (Å²) in [6.07, 6.45) is 0.853. The fourth-order valence-corrected chi connectivity index (χ4v) is 1.97. The van der Waals surface area contributed by atoms with Crippen LogP contribution in [-0.4, -0.2) is 11.0 Å². The Kier molecular flexibility index (Phi) is 4.47. The predicted molar refractivity (Wildman–Crippen MR) is 65.1 cm³/mol. The summed E-state index contributed by atoms with van der Waals surface area (Å²) in [5, 5.41) is 10.9. The molecule has 2 unspecified atom stereocenters. The van der Waals surface area contributed by atoms with Crippen LogP contribution in [0.3, 0.4) is 0 Å². The van der Waals surface area contributed by atoms with Crippen LogP contribution in [0.1, 0.15) is 38.7 Å². The van der Waals surface area contributed by atoms with Gasteiger partial charge in [0.1, 0.15) is 0 Å². The van der Waals surface area contributed by atoms with Gasteiger partial charge in [0.05, 0.1) is 5.92 Å². The van der Waals surface area contributed by atoms with E-state index in [-0.39, 0.29) is 10.8 Å². The molecule has 16 heavy (non-hydrogen) atoms. The molecular formula is C13H19NO2. The number of nitrogens with zero attached hydrogens (tertiary/aromatic N) is 1. The van der Waals surface area contributed by atoms with Gasteiger partial charge in [0.25, 0.3) is 0 Å². The first-order valence-corrected chi connectivity index (χ1v) is 5.70. The van der Waals surface area contributed by atoms with Crippen molar-refractivity contribution in [1.82, 2.24) is 0 Å². The van der Waals surface area contributed by atoms with Crippen LogP contribution in [0.15, 0.2) is 30.3 Å². The van der Waals surface area contributed by atoms with Crippen molar-refractivity contribution in [3.05, 3.63) is 46.0 Å². The molecule has 0 aliphatic heterocycles. The van der Waals surface area contributed by atoms with Gasteiger partial charge >= 0.3 is 0 Å². The minimum atomic E-state index is -0.523. The average Bonchev–Trinajstić information content (AvgIpc) is 2.26. The number of nitro groups is 1. The Labute approximate surface area is 96.6 Å². The Balaban J connectivity index is 2.92. The molecule has 0 saturated carbocycles. The Morgan fingerprint density at radius 3 is 2.19 bits per heavy atom. The Hall–Kier alpha value is -1.38. The maximum absolute atomic E-state index is 10.9. The van der Waals surface area contributed by atoms with Gasteiger partial charge in [0.15, 0.2) is 0 Å². The normalized spacial score (nSPS) is 14.8. The van der Waals surface area contributed by atoms with E-state index in [9.17, 15) is 10.1 Å². The SMILES string of the molecule is CC(C)CC(c1ccccc1)C(C)[N+](=O)[O-]. The molecule has 1 aromatic rings. The molecule has 0 radical (unpaired) electrons. The van der Waals surface area contributed by atoms with Gasteiger partial charge in [-0.05, 0) is 17.9 Å². The van der Waals surface area contributed by atoms with Crippen LogP contribution in [0.5, 0.6) is 0 Å². The minimum Gasteiger partial charge on any atom is -0.264 e. The maximum atomic E-state index is 10.9. The highest BCUT2D eigenvalue weighted by atomic mass is 16.6. The van der Waals surface area contributed by atoms with E-state index in [1.54, 1.807) is 6.92 Å². The molecule has 0 aromatic heterocycles. The lowest BCUT2D eigenvalue weighted by Crippen LogP contribution is -2.25. The van der Waals surface area contributed by atoms with Crippen LogP contribution in [0.4, 0.5) is 0 Å². The summed E-state index contributed by atoms with van der Waals surface area (Å²) in [6, 6.07) is 9.25. The third-order valence-electron chi connectivity index (χ3n) is 2.87. The molecule has 0 aliphatic rings. The quantitative estimate of drug-likeness (QED) is 0.564. The highest BCUT2D eigenvalue weighted by Gasteiger charge is 2.28. The van der Waals surface area contributed by atoms with Gasteiger partial charge in [-0.15, -0.1) is 0 Å². The summed E-state index contributed by atoms with van der Waals surface area (Å²) in [5.41, 5.74) is 1.07. The summed E-state index contributed by atoms with van der Waals surface area (Å²) in [5.74, 6) is 0.476. The lowest BCUT2D eigenvalue weighted by Gasteiger charge is -2.20. The van der Waals surface area contributed by atoms with E-state index in [0.29, 0.717) is 5.92 Å². The summed E-state index contributed by atoms with van der Waals surface area (Å²) < 4.78 is 0. The third-order valence-corrected chi connectivity index (χ3v) is 2.87. The van der Waals surface area contributed by atoms with Crippen LogP contribution < -0.4 is 0 Å². The van der Waals surface area contributed by atoms with Gasteiger partial charge in [-0.1, -0.05) is 44.2 Å². The van der Waals surface area contributed by atoms with E-state index < -0.39 is 6.04 Å². The molecular weight excluding hydrogens is 202 g/mol. The van der Waals surface area contributed by atoms with E-state index in [1.165, 1.54) is 0 Å². The molecule has 0 heterocycles. The molecule has 0 saturated heterocycles. The lowest BCUT2D eigenvalue weighted by atomic mass is 9.85. The van der Waals surface area contributed by atoms with Gasteiger partial charge in [-0.25, -0.2) is 0 Å². The van der Waals surface area contributed by atoms with Gasteiger partial charge in [0.2, 0.25) is 6.04 Å². The molecule has 2 atom stereocenters. The molecule has 3 heteroatoms. The van der Waals surface area contributed by atoms with Crippen molar-refractivity contribution < 1.29 is 4.92 Å². The summed E-state index contributed by atoms with van der Waals surface area (Å²) in [7, 11) is 0. The van der Waals surface area contributed by atoms with E-state index in [0.717, 1.165) is 12.0 Å². The molecule has 0 aliphatic carbocycles. The second-order valence-electron chi connectivity index (χ2n) is 4.67. The zero-order chi connectivity index (χ0) is 12.1. The van der Waals surface area contributed by atoms with Crippen LogP contribution in [0.25, 0.3) is 0 Å². The van der Waals surface area contributed by atoms with Crippen LogP contribution in [-0.2, 0) is 0 Å². The van der Waals surface area contributed by atoms with Gasteiger partial charge in [-0.3, -0.25) is 10.1 Å². The van der Waals surface area contributed by atoms with Crippen molar-refractivity contribution >= 4 is 0 Å². The summed E-state index contributed by atoms with van der Waals surface area (Å²) in [6.45, 7) is 5.89. The highest BCUT2D eigenvalue weighted by molar-refractivity contribution is 5.20. The Morgan fingerprint density at radius 2 is 1.75 bits per heavy atom. The average molecular weight is 221 g/mol. The largest absolute Gasteiger partial charge is 0.264 e. The number of hydrogen-bond acceptors (Lipinski definition) is 2. The third kappa shape index (κ3) is 3.33. The van der Waals surface area contributed by atoms with Crippen molar-refractivity contribution in [3.63, 3.8) is 0 Å². The van der Waals surface area contributed by atoms with Crippen molar-refractivity contribution in [2.45, 2.75) is 39.2 Å². The van der Waals surface area contributed by atoms with Crippen molar-refractivity contribution in [2.24, 2.45) is 5.92 Å². The Bertz CT molecular complexity index is 335. The van der Waals surface area contributed by atoms with Gasteiger partial charge in [-0.2, -0.15) is 0 Å². The van der Waals surface area contributed by atoms with E-state index in [2.05, 4.69) is 13.8 Å². The van der Waals surface area contributed by atoms with Crippen molar-refractivity contribution in [3.8, 4) is 0 Å². The molecule has 0 spiro atoms. The minimum absolute atomic E-state index is 0.0104. The smallest absolute Gasteiger partial charge is 0.217 e. The molecule has 3 nitrogen and oxygen atoms in total.